The van der Waals surface area contributed by atoms with Crippen molar-refractivity contribution in [1.82, 2.24) is 14.9 Å². The number of ether oxygens (including phenoxy) is 1. The molecule has 0 fully saturated rings. The van der Waals surface area contributed by atoms with Crippen LogP contribution in [0.2, 0.25) is 5.02 Å². The number of carbonyl (C=O) groups is 1. The van der Waals surface area contributed by atoms with E-state index in [2.05, 4.69) is 26.2 Å². The molecule has 140 valence electrons. The maximum atomic E-state index is 12.5. The number of aryl methyl sites for hydroxylation is 1. The molecule has 0 aliphatic rings. The Labute approximate surface area is 169 Å². The van der Waals surface area contributed by atoms with E-state index < -0.39 is 0 Å². The molecule has 1 aromatic heterocycles. The highest BCUT2D eigenvalue weighted by molar-refractivity contribution is 9.10. The number of benzene rings is 2. The molecule has 2 aromatic carbocycles. The quantitative estimate of drug-likeness (QED) is 0.560. The molecule has 0 spiro atoms. The van der Waals surface area contributed by atoms with E-state index in [-0.39, 0.29) is 24.4 Å². The molecule has 6 nitrogen and oxygen atoms in total. The summed E-state index contributed by atoms with van der Waals surface area (Å²) in [5, 5.41) is 3.92. The van der Waals surface area contributed by atoms with Crippen LogP contribution < -0.4 is 15.6 Å². The standard InChI is InChI=1S/C19H17BrClN3O3/c20-13-1-6-17-16(11-13)19(26)24(12-23-17)9-7-18(25)22-8-10-27-15-4-2-14(21)3-5-15/h1-6,11-12H,7-10H2,(H,22,25). The van der Waals surface area contributed by atoms with Crippen LogP contribution in [0.1, 0.15) is 6.42 Å². The fourth-order valence-electron chi connectivity index (χ4n) is 2.49. The van der Waals surface area contributed by atoms with Crippen molar-refractivity contribution in [2.24, 2.45) is 0 Å². The van der Waals surface area contributed by atoms with E-state index in [0.29, 0.717) is 34.8 Å². The minimum Gasteiger partial charge on any atom is -0.492 e. The van der Waals surface area contributed by atoms with Gasteiger partial charge in [-0.3, -0.25) is 14.2 Å². The molecule has 0 bridgehead atoms. The number of nitrogens with one attached hydrogen (secondary N) is 1. The number of halogens is 2. The number of amides is 1. The van der Waals surface area contributed by atoms with Gasteiger partial charge in [-0.1, -0.05) is 27.5 Å². The van der Waals surface area contributed by atoms with Crippen LogP contribution in [-0.4, -0.2) is 28.6 Å². The molecule has 8 heteroatoms. The summed E-state index contributed by atoms with van der Waals surface area (Å²) in [6, 6.07) is 12.3. The number of carbonyl (C=O) groups excluding carboxylic acids is 1. The van der Waals surface area contributed by atoms with Crippen LogP contribution in [0.15, 0.2) is 58.1 Å². The van der Waals surface area contributed by atoms with Crippen molar-refractivity contribution in [2.45, 2.75) is 13.0 Å². The molecule has 27 heavy (non-hydrogen) atoms. The monoisotopic (exact) mass is 449 g/mol. The lowest BCUT2D eigenvalue weighted by molar-refractivity contribution is -0.121. The van der Waals surface area contributed by atoms with E-state index in [4.69, 9.17) is 16.3 Å². The van der Waals surface area contributed by atoms with Crippen molar-refractivity contribution >= 4 is 44.3 Å². The molecule has 1 heterocycles. The number of aromatic nitrogens is 2. The van der Waals surface area contributed by atoms with E-state index in [9.17, 15) is 9.59 Å². The Hall–Kier alpha value is -2.38. The van der Waals surface area contributed by atoms with Gasteiger partial charge in [0.1, 0.15) is 12.4 Å². The van der Waals surface area contributed by atoms with Crippen molar-refractivity contribution in [3.8, 4) is 5.75 Å². The van der Waals surface area contributed by atoms with Crippen LogP contribution in [0.5, 0.6) is 5.75 Å². The fourth-order valence-corrected chi connectivity index (χ4v) is 2.98. The van der Waals surface area contributed by atoms with E-state index in [1.807, 2.05) is 6.07 Å². The summed E-state index contributed by atoms with van der Waals surface area (Å²) in [7, 11) is 0. The predicted molar refractivity (Wildman–Crippen MR) is 108 cm³/mol. The lowest BCUT2D eigenvalue weighted by Crippen LogP contribution is -2.30. The SMILES string of the molecule is O=C(CCn1cnc2ccc(Br)cc2c1=O)NCCOc1ccc(Cl)cc1. The smallest absolute Gasteiger partial charge is 0.261 e. The second-order valence-corrected chi connectivity index (χ2v) is 7.16. The maximum Gasteiger partial charge on any atom is 0.261 e. The number of fused-ring (bicyclic) bond motifs is 1. The topological polar surface area (TPSA) is 73.2 Å². The Morgan fingerprint density at radius 1 is 1.22 bits per heavy atom. The summed E-state index contributed by atoms with van der Waals surface area (Å²) >= 11 is 9.16. The predicted octanol–water partition coefficient (Wildman–Crippen LogP) is 3.40. The Kier molecular flexibility index (Phi) is 6.47. The zero-order valence-electron chi connectivity index (χ0n) is 14.3. The largest absolute Gasteiger partial charge is 0.492 e. The van der Waals surface area contributed by atoms with Crippen LogP contribution in [0.25, 0.3) is 10.9 Å². The average molecular weight is 451 g/mol. The van der Waals surface area contributed by atoms with Gasteiger partial charge in [0.15, 0.2) is 0 Å². The molecule has 0 unspecified atom stereocenters. The highest BCUT2D eigenvalue weighted by atomic mass is 79.9. The van der Waals surface area contributed by atoms with E-state index >= 15 is 0 Å². The van der Waals surface area contributed by atoms with E-state index in [0.717, 1.165) is 4.47 Å². The van der Waals surface area contributed by atoms with Crippen LogP contribution in [0, 0.1) is 0 Å². The van der Waals surface area contributed by atoms with Gasteiger partial charge in [0.2, 0.25) is 5.91 Å². The Morgan fingerprint density at radius 2 is 2.00 bits per heavy atom. The summed E-state index contributed by atoms with van der Waals surface area (Å²) in [4.78, 5) is 28.7. The van der Waals surface area contributed by atoms with Crippen molar-refractivity contribution in [1.29, 1.82) is 0 Å². The third-order valence-electron chi connectivity index (χ3n) is 3.87. The second-order valence-electron chi connectivity index (χ2n) is 5.81. The highest BCUT2D eigenvalue weighted by Gasteiger charge is 2.07. The van der Waals surface area contributed by atoms with Crippen LogP contribution in [-0.2, 0) is 11.3 Å². The van der Waals surface area contributed by atoms with Gasteiger partial charge in [-0.05, 0) is 42.5 Å². The molecule has 1 amide bonds. The third kappa shape index (κ3) is 5.30. The molecular formula is C19H17BrClN3O3. The first-order valence-electron chi connectivity index (χ1n) is 8.33. The second kappa shape index (κ2) is 9.01. The first kappa shape index (κ1) is 19.4. The molecule has 0 atom stereocenters. The third-order valence-corrected chi connectivity index (χ3v) is 4.62. The van der Waals surface area contributed by atoms with Gasteiger partial charge < -0.3 is 10.1 Å². The molecule has 0 saturated carbocycles. The number of nitrogens with zero attached hydrogens (tertiary/aromatic N) is 2. The maximum absolute atomic E-state index is 12.5. The molecule has 0 aliphatic carbocycles. The van der Waals surface area contributed by atoms with Crippen molar-refractivity contribution < 1.29 is 9.53 Å². The van der Waals surface area contributed by atoms with Crippen molar-refractivity contribution in [3.63, 3.8) is 0 Å². The highest BCUT2D eigenvalue weighted by Crippen LogP contribution is 2.15. The number of rotatable bonds is 7. The molecule has 0 aliphatic heterocycles. The molecular weight excluding hydrogens is 434 g/mol. The Morgan fingerprint density at radius 3 is 2.78 bits per heavy atom. The summed E-state index contributed by atoms with van der Waals surface area (Å²) < 4.78 is 7.76. The molecule has 1 N–H and O–H groups in total. The van der Waals surface area contributed by atoms with Gasteiger partial charge in [-0.15, -0.1) is 0 Å². The molecule has 0 saturated heterocycles. The summed E-state index contributed by atoms with van der Waals surface area (Å²) in [6.45, 7) is 0.982. The van der Waals surface area contributed by atoms with E-state index in [1.54, 1.807) is 36.4 Å². The lowest BCUT2D eigenvalue weighted by atomic mass is 10.2. The van der Waals surface area contributed by atoms with Crippen LogP contribution >= 0.6 is 27.5 Å². The normalized spacial score (nSPS) is 10.7. The number of hydrogen-bond donors (Lipinski definition) is 1. The van der Waals surface area contributed by atoms with Crippen molar-refractivity contribution in [3.05, 3.63) is 68.6 Å². The Bertz CT molecular complexity index is 1010. The fraction of sp³-hybridized carbons (Fsp3) is 0.211. The van der Waals surface area contributed by atoms with Crippen LogP contribution in [0.4, 0.5) is 0 Å². The summed E-state index contributed by atoms with van der Waals surface area (Å²) in [5.41, 5.74) is 0.462. The molecule has 3 aromatic rings. The average Bonchev–Trinajstić information content (AvgIpc) is 2.66. The van der Waals surface area contributed by atoms with Gasteiger partial charge in [-0.2, -0.15) is 0 Å². The lowest BCUT2D eigenvalue weighted by Gasteiger charge is -2.09. The van der Waals surface area contributed by atoms with E-state index in [1.165, 1.54) is 10.9 Å². The molecule has 3 rings (SSSR count). The zero-order valence-corrected chi connectivity index (χ0v) is 16.7. The zero-order chi connectivity index (χ0) is 19.2. The van der Waals surface area contributed by atoms with Gasteiger partial charge in [0, 0.05) is 22.5 Å². The first-order chi connectivity index (χ1) is 13.0. The van der Waals surface area contributed by atoms with Gasteiger partial charge >= 0.3 is 0 Å². The van der Waals surface area contributed by atoms with Crippen molar-refractivity contribution in [2.75, 3.05) is 13.2 Å². The van der Waals surface area contributed by atoms with Crippen LogP contribution in [0.3, 0.4) is 0 Å². The minimum atomic E-state index is -0.167. The summed E-state index contributed by atoms with van der Waals surface area (Å²) in [5.74, 6) is 0.532. The first-order valence-corrected chi connectivity index (χ1v) is 9.50. The van der Waals surface area contributed by atoms with Gasteiger partial charge in [0.25, 0.3) is 5.56 Å². The number of hydrogen-bond acceptors (Lipinski definition) is 4. The Balaban J connectivity index is 1.47. The van der Waals surface area contributed by atoms with Gasteiger partial charge in [-0.25, -0.2) is 4.98 Å². The summed E-state index contributed by atoms with van der Waals surface area (Å²) in [6.07, 6.45) is 1.65. The van der Waals surface area contributed by atoms with Gasteiger partial charge in [0.05, 0.1) is 23.8 Å². The minimum absolute atomic E-state index is 0.157. The molecule has 0 radical (unpaired) electrons.